The van der Waals surface area contributed by atoms with Gasteiger partial charge in [-0.15, -0.1) is 0 Å². The molecule has 0 bridgehead atoms. The van der Waals surface area contributed by atoms with E-state index in [9.17, 15) is 39.9 Å². The van der Waals surface area contributed by atoms with Crippen LogP contribution >= 0.6 is 11.6 Å². The molecule has 1 aliphatic heterocycles. The van der Waals surface area contributed by atoms with E-state index in [2.05, 4.69) is 10.4 Å². The first-order valence-electron chi connectivity index (χ1n) is 11.9. The Labute approximate surface area is 236 Å². The van der Waals surface area contributed by atoms with Gasteiger partial charge in [0.2, 0.25) is 0 Å². The molecular formula is C26H23ClF6N4O3S. The third-order valence-electron chi connectivity index (χ3n) is 6.19. The van der Waals surface area contributed by atoms with E-state index in [1.165, 1.54) is 24.3 Å². The van der Waals surface area contributed by atoms with E-state index >= 15 is 0 Å². The van der Waals surface area contributed by atoms with Crippen molar-refractivity contribution in [2.45, 2.75) is 36.4 Å². The summed E-state index contributed by atoms with van der Waals surface area (Å²) in [6.07, 6.45) is -9.50. The van der Waals surface area contributed by atoms with Gasteiger partial charge in [0.1, 0.15) is 12.3 Å². The van der Waals surface area contributed by atoms with Gasteiger partial charge in [0.15, 0.2) is 15.5 Å². The van der Waals surface area contributed by atoms with Crippen molar-refractivity contribution in [3.63, 3.8) is 0 Å². The number of hydrazine groups is 1. The Kier molecular flexibility index (Phi) is 8.45. The molecule has 3 N–H and O–H groups in total. The Morgan fingerprint density at radius 2 is 1.76 bits per heavy atom. The van der Waals surface area contributed by atoms with E-state index < -0.39 is 52.4 Å². The van der Waals surface area contributed by atoms with Crippen LogP contribution in [0.2, 0.25) is 0 Å². The molecule has 220 valence electrons. The molecule has 0 saturated carbocycles. The summed E-state index contributed by atoms with van der Waals surface area (Å²) in [6, 6.07) is 11.8. The van der Waals surface area contributed by atoms with Crippen molar-refractivity contribution in [1.29, 1.82) is 0 Å². The molecule has 41 heavy (non-hydrogen) atoms. The summed E-state index contributed by atoms with van der Waals surface area (Å²) in [7, 11) is -3.49. The van der Waals surface area contributed by atoms with Crippen LogP contribution in [0.3, 0.4) is 0 Å². The van der Waals surface area contributed by atoms with E-state index in [0.717, 1.165) is 23.5 Å². The average molecular weight is 621 g/mol. The standard InChI is InChI=1S/C26H23ClF6N4O3S/c1-14-11-16(15-5-3-6-17(12-15)41(2,39)40)8-9-18(14)22-20(27)21(24(38)35-13-25(28,29)30)36-37(22)19-7-4-10-34-23(19)26(31,32)33/h3-12,21,24,35-36,38H,13H2,1-2H3. The molecule has 1 aromatic heterocycles. The lowest BCUT2D eigenvalue weighted by Gasteiger charge is -2.28. The number of sulfone groups is 1. The molecule has 7 nitrogen and oxygen atoms in total. The van der Waals surface area contributed by atoms with E-state index in [4.69, 9.17) is 11.6 Å². The van der Waals surface area contributed by atoms with Gasteiger partial charge in [-0.1, -0.05) is 41.9 Å². The monoisotopic (exact) mass is 620 g/mol. The van der Waals surface area contributed by atoms with Gasteiger partial charge in [0.25, 0.3) is 0 Å². The predicted octanol–water partition coefficient (Wildman–Crippen LogP) is 5.25. The number of aliphatic hydroxyl groups excluding tert-OH is 1. The second kappa shape index (κ2) is 11.2. The van der Waals surface area contributed by atoms with Gasteiger partial charge in [0, 0.05) is 18.0 Å². The summed E-state index contributed by atoms with van der Waals surface area (Å²) in [4.78, 5) is 3.53. The quantitative estimate of drug-likeness (QED) is 0.245. The van der Waals surface area contributed by atoms with Crippen molar-refractivity contribution in [3.05, 3.63) is 82.6 Å². The number of hydrogen-bond donors (Lipinski definition) is 3. The molecule has 0 saturated heterocycles. The molecule has 0 spiro atoms. The van der Waals surface area contributed by atoms with Crippen LogP contribution in [0.25, 0.3) is 16.8 Å². The van der Waals surface area contributed by atoms with Crippen molar-refractivity contribution in [2.24, 2.45) is 0 Å². The molecule has 0 amide bonds. The van der Waals surface area contributed by atoms with E-state index in [1.807, 2.05) is 5.32 Å². The minimum atomic E-state index is -4.90. The van der Waals surface area contributed by atoms with Gasteiger partial charge in [-0.05, 0) is 47.9 Å². The lowest BCUT2D eigenvalue weighted by atomic mass is 9.97. The lowest BCUT2D eigenvalue weighted by Crippen LogP contribution is -2.51. The van der Waals surface area contributed by atoms with Gasteiger partial charge in [0.05, 0.1) is 27.9 Å². The van der Waals surface area contributed by atoms with Crippen molar-refractivity contribution >= 4 is 32.8 Å². The number of aryl methyl sites for hydroxylation is 1. The maximum Gasteiger partial charge on any atom is 0.435 e. The molecule has 3 aromatic rings. The molecular weight excluding hydrogens is 598 g/mol. The van der Waals surface area contributed by atoms with Crippen LogP contribution in [0.15, 0.2) is 70.7 Å². The van der Waals surface area contributed by atoms with E-state index in [0.29, 0.717) is 22.3 Å². The Morgan fingerprint density at radius 3 is 2.37 bits per heavy atom. The number of anilines is 1. The zero-order valence-electron chi connectivity index (χ0n) is 21.3. The fourth-order valence-corrected chi connectivity index (χ4v) is 5.33. The third kappa shape index (κ3) is 6.84. The fraction of sp³-hybridized carbons (Fsp3) is 0.269. The number of pyridine rings is 1. The van der Waals surface area contributed by atoms with Crippen molar-refractivity contribution < 1.29 is 39.9 Å². The molecule has 1 aliphatic rings. The predicted molar refractivity (Wildman–Crippen MR) is 141 cm³/mol. The van der Waals surface area contributed by atoms with Crippen molar-refractivity contribution in [2.75, 3.05) is 17.8 Å². The SMILES string of the molecule is Cc1cc(-c2cccc(S(C)(=O)=O)c2)ccc1C1=C(Cl)C(C(O)NCC(F)(F)F)NN1c1cccnc1C(F)(F)F. The maximum absolute atomic E-state index is 13.9. The smallest absolute Gasteiger partial charge is 0.376 e. The molecule has 0 fully saturated rings. The molecule has 2 aromatic carbocycles. The molecule has 2 atom stereocenters. The lowest BCUT2D eigenvalue weighted by molar-refractivity contribution is -0.140. The highest BCUT2D eigenvalue weighted by Crippen LogP contribution is 2.43. The topological polar surface area (TPSA) is 94.6 Å². The van der Waals surface area contributed by atoms with E-state index in [-0.39, 0.29) is 15.6 Å². The van der Waals surface area contributed by atoms with Gasteiger partial charge in [-0.3, -0.25) is 10.3 Å². The van der Waals surface area contributed by atoms with Crippen molar-refractivity contribution in [3.8, 4) is 11.1 Å². The summed E-state index contributed by atoms with van der Waals surface area (Å²) < 4.78 is 104. The summed E-state index contributed by atoms with van der Waals surface area (Å²) in [5, 5.41) is 13.1. The van der Waals surface area contributed by atoms with Crippen LogP contribution < -0.4 is 15.8 Å². The number of rotatable bonds is 7. The highest BCUT2D eigenvalue weighted by Gasteiger charge is 2.43. The van der Waals surface area contributed by atoms with Crippen LogP contribution in [0.5, 0.6) is 0 Å². The zero-order valence-corrected chi connectivity index (χ0v) is 22.9. The third-order valence-corrected chi connectivity index (χ3v) is 7.72. The maximum atomic E-state index is 13.9. The first-order valence-corrected chi connectivity index (χ1v) is 14.1. The highest BCUT2D eigenvalue weighted by molar-refractivity contribution is 7.90. The minimum Gasteiger partial charge on any atom is -0.376 e. The van der Waals surface area contributed by atoms with Crippen LogP contribution in [-0.4, -0.2) is 49.8 Å². The second-order valence-corrected chi connectivity index (χ2v) is 11.7. The summed E-state index contributed by atoms with van der Waals surface area (Å²) in [5.41, 5.74) is 2.69. The first-order chi connectivity index (χ1) is 19.0. The Morgan fingerprint density at radius 1 is 1.07 bits per heavy atom. The first kappa shape index (κ1) is 30.8. The van der Waals surface area contributed by atoms with Crippen molar-refractivity contribution in [1.82, 2.24) is 15.7 Å². The zero-order chi connectivity index (χ0) is 30.3. The average Bonchev–Trinajstić information content (AvgIpc) is 3.22. The Balaban J connectivity index is 1.82. The number of aliphatic hydroxyl groups is 1. The van der Waals surface area contributed by atoms with Crippen LogP contribution in [0.4, 0.5) is 32.0 Å². The summed E-state index contributed by atoms with van der Waals surface area (Å²) in [5.74, 6) is 0. The Bertz CT molecular complexity index is 1590. The Hall–Kier alpha value is -3.17. The number of halogens is 7. The number of nitrogens with one attached hydrogen (secondary N) is 2. The summed E-state index contributed by atoms with van der Waals surface area (Å²) >= 11 is 6.56. The van der Waals surface area contributed by atoms with Gasteiger partial charge in [-0.25, -0.2) is 18.8 Å². The number of alkyl halides is 6. The highest BCUT2D eigenvalue weighted by atomic mass is 35.5. The minimum absolute atomic E-state index is 0.0445. The van der Waals surface area contributed by atoms with Gasteiger partial charge >= 0.3 is 12.4 Å². The number of benzene rings is 2. The van der Waals surface area contributed by atoms with Crippen LogP contribution in [0, 0.1) is 6.92 Å². The molecule has 0 aliphatic carbocycles. The molecule has 0 radical (unpaired) electrons. The number of nitrogens with zero attached hydrogens (tertiary/aromatic N) is 2. The molecule has 2 unspecified atom stereocenters. The van der Waals surface area contributed by atoms with Crippen LogP contribution in [-0.2, 0) is 16.0 Å². The normalized spacial score (nSPS) is 17.3. The molecule has 4 rings (SSSR count). The van der Waals surface area contributed by atoms with Crippen LogP contribution in [0.1, 0.15) is 16.8 Å². The number of aromatic nitrogens is 1. The largest absolute Gasteiger partial charge is 0.435 e. The van der Waals surface area contributed by atoms with Gasteiger partial charge < -0.3 is 5.11 Å². The fourth-order valence-electron chi connectivity index (χ4n) is 4.31. The molecule has 15 heteroatoms. The second-order valence-electron chi connectivity index (χ2n) is 9.28. The molecule has 2 heterocycles. The summed E-state index contributed by atoms with van der Waals surface area (Å²) in [6.45, 7) is 0.0565. The van der Waals surface area contributed by atoms with Gasteiger partial charge in [-0.2, -0.15) is 26.3 Å². The number of hydrogen-bond acceptors (Lipinski definition) is 7. The van der Waals surface area contributed by atoms with E-state index in [1.54, 1.807) is 31.2 Å².